The van der Waals surface area contributed by atoms with E-state index in [9.17, 15) is 0 Å². The molecule has 0 radical (unpaired) electrons. The number of ether oxygens (including phenoxy) is 1. The maximum atomic E-state index is 5.51. The average Bonchev–Trinajstić information content (AvgIpc) is 2.31. The topological polar surface area (TPSA) is 47.3 Å². The minimum atomic E-state index is 0.112. The molecule has 16 heavy (non-hydrogen) atoms. The molecule has 3 heteroatoms. The van der Waals surface area contributed by atoms with E-state index in [1.165, 1.54) is 5.56 Å². The molecule has 2 unspecified atom stereocenters. The number of rotatable bonds is 7. The second-order valence-electron chi connectivity index (χ2n) is 4.02. The average molecular weight is 222 g/mol. The summed E-state index contributed by atoms with van der Waals surface area (Å²) in [6.45, 7) is 3.68. The first-order chi connectivity index (χ1) is 7.77. The van der Waals surface area contributed by atoms with Gasteiger partial charge in [-0.15, -0.1) is 0 Å². The zero-order valence-corrected chi connectivity index (χ0v) is 10.1. The third-order valence-corrected chi connectivity index (χ3v) is 2.71. The van der Waals surface area contributed by atoms with Gasteiger partial charge in [-0.1, -0.05) is 30.3 Å². The van der Waals surface area contributed by atoms with Crippen LogP contribution in [-0.4, -0.2) is 26.2 Å². The second-order valence-corrected chi connectivity index (χ2v) is 4.02. The molecule has 3 nitrogen and oxygen atoms in total. The summed E-state index contributed by atoms with van der Waals surface area (Å²) in [6, 6.07) is 10.7. The first-order valence-corrected chi connectivity index (χ1v) is 5.79. The van der Waals surface area contributed by atoms with Gasteiger partial charge in [0, 0.05) is 19.7 Å². The Morgan fingerprint density at radius 2 is 2.00 bits per heavy atom. The summed E-state index contributed by atoms with van der Waals surface area (Å²) >= 11 is 0. The molecule has 1 rings (SSSR count). The van der Waals surface area contributed by atoms with E-state index in [0.29, 0.717) is 6.04 Å². The molecule has 0 spiro atoms. The molecule has 0 bridgehead atoms. The molecule has 0 aliphatic carbocycles. The summed E-state index contributed by atoms with van der Waals surface area (Å²) in [5.74, 6) is 0. The van der Waals surface area contributed by atoms with E-state index in [4.69, 9.17) is 10.5 Å². The van der Waals surface area contributed by atoms with Crippen LogP contribution in [0.15, 0.2) is 30.3 Å². The summed E-state index contributed by atoms with van der Waals surface area (Å²) in [4.78, 5) is 0. The number of methoxy groups -OCH3 is 1. The predicted octanol–water partition coefficient (Wildman–Crippen LogP) is 1.70. The Morgan fingerprint density at radius 1 is 1.31 bits per heavy atom. The lowest BCUT2D eigenvalue weighted by atomic mass is 10.1. The first kappa shape index (κ1) is 13.2. The van der Waals surface area contributed by atoms with Gasteiger partial charge in [0.05, 0.1) is 6.10 Å². The predicted molar refractivity (Wildman–Crippen MR) is 67.3 cm³/mol. The van der Waals surface area contributed by atoms with Crippen LogP contribution < -0.4 is 11.1 Å². The van der Waals surface area contributed by atoms with Crippen LogP contribution in [0.1, 0.15) is 25.0 Å². The first-order valence-electron chi connectivity index (χ1n) is 5.79. The quantitative estimate of drug-likeness (QED) is 0.738. The molecule has 1 aromatic carbocycles. The monoisotopic (exact) mass is 222 g/mol. The molecular weight excluding hydrogens is 200 g/mol. The highest BCUT2D eigenvalue weighted by molar-refractivity contribution is 5.17. The molecule has 0 saturated carbocycles. The Labute approximate surface area is 98.0 Å². The third kappa shape index (κ3) is 4.31. The molecule has 3 N–H and O–H groups in total. The van der Waals surface area contributed by atoms with Gasteiger partial charge in [0.15, 0.2) is 0 Å². The number of nitrogens with one attached hydrogen (secondary N) is 1. The largest absolute Gasteiger partial charge is 0.375 e. The molecule has 0 aromatic heterocycles. The van der Waals surface area contributed by atoms with Gasteiger partial charge >= 0.3 is 0 Å². The lowest BCUT2D eigenvalue weighted by molar-refractivity contribution is 0.0997. The fourth-order valence-corrected chi connectivity index (χ4v) is 1.67. The highest BCUT2D eigenvalue weighted by atomic mass is 16.5. The van der Waals surface area contributed by atoms with Crippen molar-refractivity contribution < 1.29 is 4.74 Å². The summed E-state index contributed by atoms with van der Waals surface area (Å²) < 4.78 is 5.47. The van der Waals surface area contributed by atoms with Gasteiger partial charge in [-0.3, -0.25) is 0 Å². The van der Waals surface area contributed by atoms with Gasteiger partial charge < -0.3 is 15.8 Å². The Hall–Kier alpha value is -0.900. The van der Waals surface area contributed by atoms with E-state index < -0.39 is 0 Å². The van der Waals surface area contributed by atoms with Crippen LogP contribution in [0, 0.1) is 0 Å². The molecule has 0 aliphatic heterocycles. The Morgan fingerprint density at radius 3 is 2.56 bits per heavy atom. The van der Waals surface area contributed by atoms with Crippen LogP contribution in [0.5, 0.6) is 0 Å². The molecule has 90 valence electrons. The SMILES string of the molecule is COC(CNC(C)CCN)c1ccccc1. The van der Waals surface area contributed by atoms with Gasteiger partial charge in [-0.2, -0.15) is 0 Å². The van der Waals surface area contributed by atoms with E-state index in [1.807, 2.05) is 18.2 Å². The lowest BCUT2D eigenvalue weighted by Crippen LogP contribution is -2.32. The van der Waals surface area contributed by atoms with E-state index in [0.717, 1.165) is 19.5 Å². The van der Waals surface area contributed by atoms with Crippen LogP contribution >= 0.6 is 0 Å². The van der Waals surface area contributed by atoms with Crippen molar-refractivity contribution in [1.29, 1.82) is 0 Å². The van der Waals surface area contributed by atoms with Gasteiger partial charge in [0.2, 0.25) is 0 Å². The molecule has 0 fully saturated rings. The van der Waals surface area contributed by atoms with Crippen molar-refractivity contribution in [1.82, 2.24) is 5.32 Å². The zero-order valence-electron chi connectivity index (χ0n) is 10.1. The van der Waals surface area contributed by atoms with E-state index in [-0.39, 0.29) is 6.10 Å². The van der Waals surface area contributed by atoms with E-state index >= 15 is 0 Å². The summed E-state index contributed by atoms with van der Waals surface area (Å²) in [6.07, 6.45) is 1.10. The molecule has 0 aliphatic rings. The minimum absolute atomic E-state index is 0.112. The summed E-state index contributed by atoms with van der Waals surface area (Å²) in [7, 11) is 1.74. The van der Waals surface area contributed by atoms with E-state index in [1.54, 1.807) is 7.11 Å². The Bertz CT molecular complexity index is 277. The van der Waals surface area contributed by atoms with Gasteiger partial charge in [-0.25, -0.2) is 0 Å². The van der Waals surface area contributed by atoms with Gasteiger partial charge in [-0.05, 0) is 25.5 Å². The minimum Gasteiger partial charge on any atom is -0.375 e. The molecule has 0 heterocycles. The third-order valence-electron chi connectivity index (χ3n) is 2.71. The Balaban J connectivity index is 2.44. The van der Waals surface area contributed by atoms with Crippen LogP contribution in [0.3, 0.4) is 0 Å². The van der Waals surface area contributed by atoms with Crippen molar-refractivity contribution in [2.45, 2.75) is 25.5 Å². The molecule has 0 amide bonds. The summed E-state index contributed by atoms with van der Waals surface area (Å²) in [5, 5.41) is 3.43. The van der Waals surface area contributed by atoms with Crippen molar-refractivity contribution in [3.05, 3.63) is 35.9 Å². The molecule has 2 atom stereocenters. The van der Waals surface area contributed by atoms with Crippen LogP contribution in [0.25, 0.3) is 0 Å². The second kappa shape index (κ2) is 7.39. The zero-order chi connectivity index (χ0) is 11.8. The Kier molecular flexibility index (Phi) is 6.08. The highest BCUT2D eigenvalue weighted by Gasteiger charge is 2.10. The number of nitrogens with two attached hydrogens (primary N) is 1. The van der Waals surface area contributed by atoms with Gasteiger partial charge in [0.25, 0.3) is 0 Å². The molecule has 1 aromatic rings. The van der Waals surface area contributed by atoms with E-state index in [2.05, 4.69) is 24.4 Å². The smallest absolute Gasteiger partial charge is 0.0945 e. The number of benzene rings is 1. The number of hydrogen-bond acceptors (Lipinski definition) is 3. The fourth-order valence-electron chi connectivity index (χ4n) is 1.67. The van der Waals surface area contributed by atoms with Crippen molar-refractivity contribution >= 4 is 0 Å². The maximum Gasteiger partial charge on any atom is 0.0945 e. The fraction of sp³-hybridized carbons (Fsp3) is 0.538. The van der Waals surface area contributed by atoms with Crippen LogP contribution in [0.2, 0.25) is 0 Å². The summed E-state index contributed by atoms with van der Waals surface area (Å²) in [5.41, 5.74) is 6.71. The van der Waals surface area contributed by atoms with Crippen molar-refractivity contribution in [3.63, 3.8) is 0 Å². The normalized spacial score (nSPS) is 14.7. The number of hydrogen-bond donors (Lipinski definition) is 2. The van der Waals surface area contributed by atoms with Crippen molar-refractivity contribution in [3.8, 4) is 0 Å². The van der Waals surface area contributed by atoms with Crippen molar-refractivity contribution in [2.75, 3.05) is 20.2 Å². The molecule has 0 saturated heterocycles. The maximum absolute atomic E-state index is 5.51. The standard InChI is InChI=1S/C13H22N2O/c1-11(8-9-14)15-10-13(16-2)12-6-4-3-5-7-12/h3-7,11,13,15H,8-10,14H2,1-2H3. The highest BCUT2D eigenvalue weighted by Crippen LogP contribution is 2.15. The lowest BCUT2D eigenvalue weighted by Gasteiger charge is -2.19. The molecular formula is C13H22N2O. The van der Waals surface area contributed by atoms with Crippen molar-refractivity contribution in [2.24, 2.45) is 5.73 Å². The van der Waals surface area contributed by atoms with Crippen LogP contribution in [-0.2, 0) is 4.74 Å². The van der Waals surface area contributed by atoms with Crippen LogP contribution in [0.4, 0.5) is 0 Å². The van der Waals surface area contributed by atoms with Gasteiger partial charge in [0.1, 0.15) is 0 Å².